The van der Waals surface area contributed by atoms with Crippen LogP contribution in [0.3, 0.4) is 0 Å². The number of aromatic hydroxyl groups is 1. The van der Waals surface area contributed by atoms with E-state index in [1.807, 2.05) is 12.3 Å². The second-order valence-electron chi connectivity index (χ2n) is 21.7. The molecule has 0 saturated heterocycles. The summed E-state index contributed by atoms with van der Waals surface area (Å²) < 4.78 is 2.32. The molecule has 2 aromatic heterocycles. The Bertz CT molecular complexity index is 3510. The average molecular weight is 912 g/mol. The van der Waals surface area contributed by atoms with Crippen LogP contribution in [0.2, 0.25) is 0 Å². The molecule has 1 N–H and O–H groups in total. The Kier molecular flexibility index (Phi) is 11.8. The second-order valence-corrected chi connectivity index (χ2v) is 21.7. The number of para-hydroxylation sites is 1. The second kappa shape index (κ2) is 17.9. The Hall–Kier alpha value is -7.82. The highest BCUT2D eigenvalue weighted by Gasteiger charge is 2.31. The molecule has 0 aliphatic rings. The van der Waals surface area contributed by atoms with Gasteiger partial charge in [0.15, 0.2) is 0 Å². The molecule has 0 unspecified atom stereocenters. The van der Waals surface area contributed by atoms with Crippen molar-refractivity contribution in [2.45, 2.75) is 78.6 Å². The Morgan fingerprint density at radius 2 is 0.929 bits per heavy atom. The zero-order valence-electron chi connectivity index (χ0n) is 41.8. The number of phenolic OH excluding ortho intramolecular Hbond substituents is 1. The zero-order valence-corrected chi connectivity index (χ0v) is 41.8. The molecule has 10 rings (SSSR count). The summed E-state index contributed by atoms with van der Waals surface area (Å²) in [6, 6.07) is 69.2. The van der Waals surface area contributed by atoms with Crippen molar-refractivity contribution >= 4 is 11.0 Å². The van der Waals surface area contributed by atoms with Crippen LogP contribution in [0.5, 0.6) is 5.75 Å². The Morgan fingerprint density at radius 3 is 1.51 bits per heavy atom. The smallest absolute Gasteiger partial charge is 0.149 e. The molecule has 0 atom stereocenters. The molecule has 70 heavy (non-hydrogen) atoms. The molecule has 4 nitrogen and oxygen atoms in total. The quantitative estimate of drug-likeness (QED) is 0.165. The van der Waals surface area contributed by atoms with E-state index in [1.165, 1.54) is 5.56 Å². The van der Waals surface area contributed by atoms with Crippen LogP contribution in [0.15, 0.2) is 200 Å². The van der Waals surface area contributed by atoms with Gasteiger partial charge in [-0.15, -0.1) is 0 Å². The first-order valence-electron chi connectivity index (χ1n) is 24.5. The van der Waals surface area contributed by atoms with Crippen molar-refractivity contribution in [1.82, 2.24) is 14.5 Å². The van der Waals surface area contributed by atoms with Crippen LogP contribution in [-0.2, 0) is 16.2 Å². The predicted octanol–water partition coefficient (Wildman–Crippen LogP) is 17.7. The summed E-state index contributed by atoms with van der Waals surface area (Å²) in [5.41, 5.74) is 18.8. The number of hydrogen-bond donors (Lipinski definition) is 1. The number of nitrogens with zero attached hydrogens (tertiary/aromatic N) is 3. The van der Waals surface area contributed by atoms with Crippen molar-refractivity contribution in [1.29, 1.82) is 0 Å². The lowest BCUT2D eigenvalue weighted by molar-refractivity contribution is 0.446. The molecule has 0 saturated carbocycles. The van der Waals surface area contributed by atoms with Crippen LogP contribution < -0.4 is 0 Å². The molecule has 0 aliphatic carbocycles. The van der Waals surface area contributed by atoms with Gasteiger partial charge in [0, 0.05) is 28.5 Å². The lowest BCUT2D eigenvalue weighted by Crippen LogP contribution is -2.17. The Morgan fingerprint density at radius 1 is 0.386 bits per heavy atom. The summed E-state index contributed by atoms with van der Waals surface area (Å²) in [7, 11) is 0. The van der Waals surface area contributed by atoms with Crippen LogP contribution in [-0.4, -0.2) is 19.6 Å². The molecule has 0 spiro atoms. The zero-order chi connectivity index (χ0) is 49.0. The highest BCUT2D eigenvalue weighted by Crippen LogP contribution is 2.48. The minimum absolute atomic E-state index is 0.182. The summed E-state index contributed by atoms with van der Waals surface area (Å²) in [5, 5.41) is 12.8. The number of pyridine rings is 1. The number of imidazole rings is 1. The highest BCUT2D eigenvalue weighted by atomic mass is 16.3. The van der Waals surface area contributed by atoms with E-state index in [0.717, 1.165) is 94.7 Å². The number of rotatable bonds is 8. The lowest BCUT2D eigenvalue weighted by atomic mass is 9.78. The average Bonchev–Trinajstić information content (AvgIpc) is 3.75. The molecule has 10 aromatic rings. The third-order valence-corrected chi connectivity index (χ3v) is 13.6. The lowest BCUT2D eigenvalue weighted by Gasteiger charge is -2.28. The molecule has 0 radical (unpaired) electrons. The van der Waals surface area contributed by atoms with Gasteiger partial charge in [-0.25, -0.2) is 4.98 Å². The van der Waals surface area contributed by atoms with E-state index in [-0.39, 0.29) is 22.0 Å². The maximum absolute atomic E-state index is 12.8. The van der Waals surface area contributed by atoms with Gasteiger partial charge < -0.3 is 5.11 Å². The molecular formula is C66H61N3O. The monoisotopic (exact) mass is 911 g/mol. The molecule has 2 heterocycles. The van der Waals surface area contributed by atoms with Crippen molar-refractivity contribution < 1.29 is 5.11 Å². The normalized spacial score (nSPS) is 12.1. The van der Waals surface area contributed by atoms with E-state index in [4.69, 9.17) is 9.97 Å². The van der Waals surface area contributed by atoms with E-state index in [0.29, 0.717) is 11.4 Å². The van der Waals surface area contributed by atoms with Crippen LogP contribution in [0.4, 0.5) is 0 Å². The minimum Gasteiger partial charge on any atom is -0.507 e. The minimum atomic E-state index is -0.355. The topological polar surface area (TPSA) is 50.9 Å². The fourth-order valence-corrected chi connectivity index (χ4v) is 9.79. The first-order chi connectivity index (χ1) is 33.5. The number of hydrogen-bond acceptors (Lipinski definition) is 3. The maximum Gasteiger partial charge on any atom is 0.149 e. The van der Waals surface area contributed by atoms with Crippen LogP contribution in [0.25, 0.3) is 95.0 Å². The summed E-state index contributed by atoms with van der Waals surface area (Å²) in [6.45, 7) is 20.1. The van der Waals surface area contributed by atoms with Crippen LogP contribution in [0, 0.1) is 0 Å². The molecule has 0 amide bonds. The molecule has 8 aromatic carbocycles. The Balaban J connectivity index is 1.33. The van der Waals surface area contributed by atoms with Gasteiger partial charge in [-0.3, -0.25) is 9.55 Å². The largest absolute Gasteiger partial charge is 0.507 e. The van der Waals surface area contributed by atoms with Gasteiger partial charge in [0.1, 0.15) is 11.6 Å². The third kappa shape index (κ3) is 8.87. The molecule has 0 aliphatic heterocycles. The van der Waals surface area contributed by atoms with E-state index in [2.05, 4.69) is 255 Å². The molecule has 0 fully saturated rings. The van der Waals surface area contributed by atoms with Gasteiger partial charge in [-0.05, 0) is 126 Å². The summed E-state index contributed by atoms with van der Waals surface area (Å²) in [6.07, 6.45) is 1.91. The third-order valence-electron chi connectivity index (χ3n) is 13.6. The standard InChI is InChI=1S/C66H61N3O/c1-64(2,3)51-39-55(62(70)57(40-51)66(7,8)9)63-68-61-52(49-35-48(44-25-16-11-17-26-44)36-50(37-49)58-38-47(33-34-67-58)43-23-14-10-15-24-43)31-22-32-59(61)69(63)60-42-53(45-27-18-12-19-28-45)56(65(4,5)6)41-54(60)46-29-20-13-21-30-46/h10-42,70H,1-9H3. The molecule has 346 valence electrons. The van der Waals surface area contributed by atoms with Gasteiger partial charge >= 0.3 is 0 Å². The van der Waals surface area contributed by atoms with Gasteiger partial charge in [-0.1, -0.05) is 202 Å². The number of benzene rings is 8. The summed E-state index contributed by atoms with van der Waals surface area (Å²) in [4.78, 5) is 10.8. The predicted molar refractivity (Wildman–Crippen MR) is 295 cm³/mol. The molecule has 4 heteroatoms. The highest BCUT2D eigenvalue weighted by molar-refractivity contribution is 5.99. The van der Waals surface area contributed by atoms with Crippen LogP contribution in [0.1, 0.15) is 79.0 Å². The number of phenols is 1. The number of fused-ring (bicyclic) bond motifs is 1. The van der Waals surface area contributed by atoms with Crippen molar-refractivity contribution in [2.75, 3.05) is 0 Å². The summed E-state index contributed by atoms with van der Waals surface area (Å²) in [5.74, 6) is 0.917. The van der Waals surface area contributed by atoms with Crippen molar-refractivity contribution in [3.8, 4) is 89.7 Å². The molecule has 0 bridgehead atoms. The van der Waals surface area contributed by atoms with E-state index < -0.39 is 0 Å². The fraction of sp³-hybridized carbons (Fsp3) is 0.182. The SMILES string of the molecule is CC(C)(C)c1cc(-c2nc3c(-c4cc(-c5ccccc5)cc(-c5cc(-c6ccccc6)ccn5)c4)cccc3n2-c2cc(-c3ccccc3)c(C(C)(C)C)cc2-c2ccccc2)c(O)c(C(C)(C)C)c1. The first-order valence-corrected chi connectivity index (χ1v) is 24.5. The Labute approximate surface area is 414 Å². The number of aromatic nitrogens is 3. The van der Waals surface area contributed by atoms with E-state index >= 15 is 0 Å². The van der Waals surface area contributed by atoms with Gasteiger partial charge in [0.2, 0.25) is 0 Å². The first kappa shape index (κ1) is 45.9. The maximum atomic E-state index is 12.8. The van der Waals surface area contributed by atoms with E-state index in [9.17, 15) is 5.11 Å². The molecular weight excluding hydrogens is 851 g/mol. The fourth-order valence-electron chi connectivity index (χ4n) is 9.79. The van der Waals surface area contributed by atoms with Crippen molar-refractivity contribution in [3.63, 3.8) is 0 Å². The van der Waals surface area contributed by atoms with Crippen LogP contribution >= 0.6 is 0 Å². The van der Waals surface area contributed by atoms with Crippen molar-refractivity contribution in [3.05, 3.63) is 217 Å². The van der Waals surface area contributed by atoms with Gasteiger partial charge in [-0.2, -0.15) is 0 Å². The van der Waals surface area contributed by atoms with Crippen molar-refractivity contribution in [2.24, 2.45) is 0 Å². The van der Waals surface area contributed by atoms with E-state index in [1.54, 1.807) is 0 Å². The van der Waals surface area contributed by atoms with Gasteiger partial charge in [0.25, 0.3) is 0 Å². The van der Waals surface area contributed by atoms with Gasteiger partial charge in [0.05, 0.1) is 28.0 Å². The summed E-state index contributed by atoms with van der Waals surface area (Å²) >= 11 is 0.